The van der Waals surface area contributed by atoms with Crippen molar-refractivity contribution in [1.29, 1.82) is 0 Å². The second-order valence-corrected chi connectivity index (χ2v) is 3.91. The van der Waals surface area contributed by atoms with E-state index in [1.165, 1.54) is 13.2 Å². The van der Waals surface area contributed by atoms with E-state index >= 15 is 0 Å². The Bertz CT molecular complexity index is 525. The molecule has 0 atom stereocenters. The van der Waals surface area contributed by atoms with Crippen molar-refractivity contribution < 1.29 is 9.13 Å². The molecule has 1 N–H and O–H groups in total. The lowest BCUT2D eigenvalue weighted by Gasteiger charge is -2.06. The fraction of sp³-hybridized carbons (Fsp3) is 0.308. The number of rotatable bonds is 5. The molecule has 1 aromatic carbocycles. The highest BCUT2D eigenvalue weighted by Crippen LogP contribution is 2.18. The van der Waals surface area contributed by atoms with E-state index in [4.69, 9.17) is 4.74 Å². The number of nitrogens with zero attached hydrogens (tertiary/aromatic N) is 2. The number of benzene rings is 1. The van der Waals surface area contributed by atoms with Gasteiger partial charge in [0.2, 0.25) is 0 Å². The van der Waals surface area contributed by atoms with Crippen molar-refractivity contribution in [1.82, 2.24) is 9.78 Å². The van der Waals surface area contributed by atoms with Gasteiger partial charge in [-0.05, 0) is 24.6 Å². The van der Waals surface area contributed by atoms with E-state index in [1.54, 1.807) is 12.3 Å². The summed E-state index contributed by atoms with van der Waals surface area (Å²) in [6, 6.07) is 4.93. The standard InChI is InChI=1S/C13H16FN3O/c1-3-17-9-11(8-16-17)15-7-10-4-5-13(18-2)12(14)6-10/h4-6,8-9,15H,3,7H2,1-2H3. The fourth-order valence-electron chi connectivity index (χ4n) is 1.65. The highest BCUT2D eigenvalue weighted by Gasteiger charge is 2.03. The molecule has 2 aromatic rings. The third kappa shape index (κ3) is 2.80. The molecule has 0 radical (unpaired) electrons. The molecule has 18 heavy (non-hydrogen) atoms. The SMILES string of the molecule is CCn1cc(NCc2ccc(OC)c(F)c2)cn1. The molecule has 0 saturated carbocycles. The number of hydrogen-bond donors (Lipinski definition) is 1. The molecule has 0 saturated heterocycles. The lowest BCUT2D eigenvalue weighted by Crippen LogP contribution is -2.00. The molecule has 0 spiro atoms. The van der Waals surface area contributed by atoms with Crippen LogP contribution >= 0.6 is 0 Å². The zero-order chi connectivity index (χ0) is 13.0. The summed E-state index contributed by atoms with van der Waals surface area (Å²) in [6.07, 6.45) is 3.67. The van der Waals surface area contributed by atoms with Gasteiger partial charge in [-0.25, -0.2) is 4.39 Å². The van der Waals surface area contributed by atoms with Gasteiger partial charge in [0, 0.05) is 19.3 Å². The summed E-state index contributed by atoms with van der Waals surface area (Å²) in [7, 11) is 1.45. The molecule has 0 amide bonds. The molecular weight excluding hydrogens is 233 g/mol. The van der Waals surface area contributed by atoms with Crippen molar-refractivity contribution in [2.75, 3.05) is 12.4 Å². The van der Waals surface area contributed by atoms with E-state index in [-0.39, 0.29) is 11.6 Å². The number of ether oxygens (including phenoxy) is 1. The zero-order valence-corrected chi connectivity index (χ0v) is 10.5. The van der Waals surface area contributed by atoms with Crippen molar-refractivity contribution in [3.8, 4) is 5.75 Å². The first-order valence-electron chi connectivity index (χ1n) is 5.81. The number of nitrogens with one attached hydrogen (secondary N) is 1. The molecule has 2 rings (SSSR count). The Hall–Kier alpha value is -2.04. The second kappa shape index (κ2) is 5.53. The smallest absolute Gasteiger partial charge is 0.165 e. The average Bonchev–Trinajstić information content (AvgIpc) is 2.84. The molecular formula is C13H16FN3O. The molecule has 0 fully saturated rings. The van der Waals surface area contributed by atoms with Crippen LogP contribution in [-0.2, 0) is 13.1 Å². The summed E-state index contributed by atoms with van der Waals surface area (Å²) >= 11 is 0. The second-order valence-electron chi connectivity index (χ2n) is 3.91. The third-order valence-electron chi connectivity index (χ3n) is 2.67. The van der Waals surface area contributed by atoms with Crippen LogP contribution in [0.25, 0.3) is 0 Å². The molecule has 0 unspecified atom stereocenters. The maximum atomic E-state index is 13.5. The van der Waals surface area contributed by atoms with Gasteiger partial charge in [0.1, 0.15) is 0 Å². The van der Waals surface area contributed by atoms with Crippen molar-refractivity contribution in [3.63, 3.8) is 0 Å². The predicted octanol–water partition coefficient (Wildman–Crippen LogP) is 2.66. The summed E-state index contributed by atoms with van der Waals surface area (Å²) < 4.78 is 20.2. The van der Waals surface area contributed by atoms with Gasteiger partial charge in [0.25, 0.3) is 0 Å². The van der Waals surface area contributed by atoms with Crippen molar-refractivity contribution in [2.45, 2.75) is 20.0 Å². The molecule has 0 bridgehead atoms. The quantitative estimate of drug-likeness (QED) is 0.885. The zero-order valence-electron chi connectivity index (χ0n) is 10.5. The van der Waals surface area contributed by atoms with Gasteiger partial charge in [-0.15, -0.1) is 0 Å². The van der Waals surface area contributed by atoms with Crippen molar-refractivity contribution in [3.05, 3.63) is 42.0 Å². The lowest BCUT2D eigenvalue weighted by atomic mass is 10.2. The monoisotopic (exact) mass is 249 g/mol. The minimum atomic E-state index is -0.346. The maximum Gasteiger partial charge on any atom is 0.165 e. The van der Waals surface area contributed by atoms with Crippen molar-refractivity contribution >= 4 is 5.69 Å². The Balaban J connectivity index is 1.99. The Morgan fingerprint density at radius 2 is 2.28 bits per heavy atom. The van der Waals surface area contributed by atoms with Gasteiger partial charge < -0.3 is 10.1 Å². The van der Waals surface area contributed by atoms with E-state index in [0.29, 0.717) is 6.54 Å². The van der Waals surface area contributed by atoms with E-state index in [9.17, 15) is 4.39 Å². The molecule has 1 heterocycles. The number of halogens is 1. The molecule has 0 aliphatic heterocycles. The number of aromatic nitrogens is 2. The normalized spacial score (nSPS) is 10.4. The van der Waals surface area contributed by atoms with E-state index in [1.807, 2.05) is 23.9 Å². The van der Waals surface area contributed by atoms with Gasteiger partial charge in [0.15, 0.2) is 11.6 Å². The number of hydrogen-bond acceptors (Lipinski definition) is 3. The molecule has 96 valence electrons. The summed E-state index contributed by atoms with van der Waals surface area (Å²) in [6.45, 7) is 3.41. The van der Waals surface area contributed by atoms with Gasteiger partial charge in [-0.3, -0.25) is 4.68 Å². The molecule has 1 aromatic heterocycles. The molecule has 5 heteroatoms. The predicted molar refractivity (Wildman–Crippen MR) is 68.2 cm³/mol. The van der Waals surface area contributed by atoms with Crippen LogP contribution in [0, 0.1) is 5.82 Å². The summed E-state index contributed by atoms with van der Waals surface area (Å²) in [4.78, 5) is 0. The van der Waals surface area contributed by atoms with Gasteiger partial charge in [-0.1, -0.05) is 6.07 Å². The van der Waals surface area contributed by atoms with Crippen LogP contribution < -0.4 is 10.1 Å². The van der Waals surface area contributed by atoms with Crippen LogP contribution in [-0.4, -0.2) is 16.9 Å². The molecule has 4 nitrogen and oxygen atoms in total. The lowest BCUT2D eigenvalue weighted by molar-refractivity contribution is 0.386. The molecule has 0 aliphatic rings. The van der Waals surface area contributed by atoms with Crippen LogP contribution in [0.4, 0.5) is 10.1 Å². The van der Waals surface area contributed by atoms with E-state index < -0.39 is 0 Å². The van der Waals surface area contributed by atoms with Gasteiger partial charge >= 0.3 is 0 Å². The summed E-state index contributed by atoms with van der Waals surface area (Å²) in [5.41, 5.74) is 1.78. The van der Waals surface area contributed by atoms with E-state index in [0.717, 1.165) is 17.8 Å². The number of methoxy groups -OCH3 is 1. The van der Waals surface area contributed by atoms with Crippen LogP contribution in [0.3, 0.4) is 0 Å². The largest absolute Gasteiger partial charge is 0.494 e. The maximum absolute atomic E-state index is 13.5. The van der Waals surface area contributed by atoms with Crippen molar-refractivity contribution in [2.24, 2.45) is 0 Å². The Morgan fingerprint density at radius 1 is 1.44 bits per heavy atom. The minimum Gasteiger partial charge on any atom is -0.494 e. The third-order valence-corrected chi connectivity index (χ3v) is 2.67. The molecule has 0 aliphatic carbocycles. The van der Waals surface area contributed by atoms with Crippen LogP contribution in [0.1, 0.15) is 12.5 Å². The fourth-order valence-corrected chi connectivity index (χ4v) is 1.65. The highest BCUT2D eigenvalue weighted by atomic mass is 19.1. The highest BCUT2D eigenvalue weighted by molar-refractivity contribution is 5.40. The summed E-state index contributed by atoms with van der Waals surface area (Å²) in [5.74, 6) is -0.0846. The first-order valence-corrected chi connectivity index (χ1v) is 5.81. The van der Waals surface area contributed by atoms with Crippen LogP contribution in [0.15, 0.2) is 30.6 Å². The summed E-state index contributed by atoms with van der Waals surface area (Å²) in [5, 5.41) is 7.34. The first-order chi connectivity index (χ1) is 8.72. The van der Waals surface area contributed by atoms with Gasteiger partial charge in [-0.2, -0.15) is 5.10 Å². The Morgan fingerprint density at radius 3 is 2.89 bits per heavy atom. The van der Waals surface area contributed by atoms with Crippen LogP contribution in [0.2, 0.25) is 0 Å². The minimum absolute atomic E-state index is 0.262. The average molecular weight is 249 g/mol. The van der Waals surface area contributed by atoms with Gasteiger partial charge in [0.05, 0.1) is 19.0 Å². The first kappa shape index (κ1) is 12.4. The Kier molecular flexibility index (Phi) is 3.82. The number of anilines is 1. The topological polar surface area (TPSA) is 39.1 Å². The number of aryl methyl sites for hydroxylation is 1. The van der Waals surface area contributed by atoms with E-state index in [2.05, 4.69) is 10.4 Å². The Labute approximate surface area is 105 Å². The van der Waals surface area contributed by atoms with Crippen LogP contribution in [0.5, 0.6) is 5.75 Å².